The molecule has 0 bridgehead atoms. The van der Waals surface area contributed by atoms with E-state index in [0.717, 1.165) is 23.4 Å². The van der Waals surface area contributed by atoms with Crippen LogP contribution in [-0.2, 0) is 11.3 Å². The molecule has 1 aromatic rings. The highest BCUT2D eigenvalue weighted by Crippen LogP contribution is 2.36. The SMILES string of the molecule is O=C(O)C=Cc1ccc(CN2CCCC2C2CCCC2)s1. The largest absolute Gasteiger partial charge is 0.478 e. The molecule has 1 N–H and O–H groups in total. The molecule has 0 aromatic carbocycles. The van der Waals surface area contributed by atoms with Crippen molar-refractivity contribution in [3.63, 3.8) is 0 Å². The molecule has 21 heavy (non-hydrogen) atoms. The standard InChI is InChI=1S/C17H23NO2S/c19-17(20)10-9-14-7-8-15(21-14)12-18-11-3-6-16(18)13-4-1-2-5-13/h7-10,13,16H,1-6,11-12H2,(H,19,20). The highest BCUT2D eigenvalue weighted by molar-refractivity contribution is 7.12. The van der Waals surface area contributed by atoms with E-state index in [0.29, 0.717) is 0 Å². The number of likely N-dealkylation sites (tertiary alicyclic amines) is 1. The summed E-state index contributed by atoms with van der Waals surface area (Å²) in [5.41, 5.74) is 0. The van der Waals surface area contributed by atoms with Crippen LogP contribution in [0.5, 0.6) is 0 Å². The quantitative estimate of drug-likeness (QED) is 0.836. The van der Waals surface area contributed by atoms with Gasteiger partial charge in [-0.2, -0.15) is 0 Å². The Morgan fingerprint density at radius 2 is 2.10 bits per heavy atom. The molecular weight excluding hydrogens is 282 g/mol. The average Bonchev–Trinajstić information content (AvgIpc) is 3.18. The van der Waals surface area contributed by atoms with Crippen molar-refractivity contribution in [1.82, 2.24) is 4.90 Å². The number of hydrogen-bond donors (Lipinski definition) is 1. The second-order valence-corrected chi connectivity index (χ2v) is 7.40. The molecule has 114 valence electrons. The summed E-state index contributed by atoms with van der Waals surface area (Å²) in [7, 11) is 0. The van der Waals surface area contributed by atoms with Crippen LogP contribution in [-0.4, -0.2) is 28.6 Å². The molecule has 0 amide bonds. The smallest absolute Gasteiger partial charge is 0.328 e. The Hall–Kier alpha value is -1.13. The van der Waals surface area contributed by atoms with Gasteiger partial charge in [-0.1, -0.05) is 12.8 Å². The van der Waals surface area contributed by atoms with Gasteiger partial charge < -0.3 is 5.11 Å². The Bertz CT molecular complexity index is 517. The van der Waals surface area contributed by atoms with Crippen molar-refractivity contribution in [2.75, 3.05) is 6.54 Å². The average molecular weight is 305 g/mol. The molecule has 1 unspecified atom stereocenters. The number of rotatable bonds is 5. The van der Waals surface area contributed by atoms with E-state index >= 15 is 0 Å². The van der Waals surface area contributed by atoms with Crippen molar-refractivity contribution in [2.24, 2.45) is 5.92 Å². The van der Waals surface area contributed by atoms with Gasteiger partial charge >= 0.3 is 5.97 Å². The number of nitrogens with zero attached hydrogens (tertiary/aromatic N) is 1. The predicted molar refractivity (Wildman–Crippen MR) is 86.4 cm³/mol. The van der Waals surface area contributed by atoms with Crippen molar-refractivity contribution in [3.05, 3.63) is 28.0 Å². The summed E-state index contributed by atoms with van der Waals surface area (Å²) >= 11 is 1.71. The maximum atomic E-state index is 10.6. The molecule has 1 saturated carbocycles. The predicted octanol–water partition coefficient (Wildman–Crippen LogP) is 4.00. The topological polar surface area (TPSA) is 40.5 Å². The van der Waals surface area contributed by atoms with E-state index in [2.05, 4.69) is 11.0 Å². The van der Waals surface area contributed by atoms with E-state index in [4.69, 9.17) is 5.11 Å². The second-order valence-electron chi connectivity index (χ2n) is 6.20. The van der Waals surface area contributed by atoms with Gasteiger partial charge in [-0.3, -0.25) is 4.90 Å². The fraction of sp³-hybridized carbons (Fsp3) is 0.588. The number of thiophene rings is 1. The summed E-state index contributed by atoms with van der Waals surface area (Å²) in [4.78, 5) is 15.6. The number of carbonyl (C=O) groups is 1. The lowest BCUT2D eigenvalue weighted by molar-refractivity contribution is -0.131. The maximum Gasteiger partial charge on any atom is 0.328 e. The molecule has 1 atom stereocenters. The number of aliphatic carboxylic acids is 1. The van der Waals surface area contributed by atoms with E-state index in [1.807, 2.05) is 6.07 Å². The molecule has 3 nitrogen and oxygen atoms in total. The van der Waals surface area contributed by atoms with E-state index in [9.17, 15) is 4.79 Å². The Morgan fingerprint density at radius 1 is 1.29 bits per heavy atom. The molecule has 4 heteroatoms. The number of hydrogen-bond acceptors (Lipinski definition) is 3. The van der Waals surface area contributed by atoms with Crippen LogP contribution in [0.25, 0.3) is 6.08 Å². The lowest BCUT2D eigenvalue weighted by Crippen LogP contribution is -2.33. The molecule has 1 aliphatic carbocycles. The van der Waals surface area contributed by atoms with E-state index in [1.165, 1.54) is 56.0 Å². The normalized spacial score (nSPS) is 24.3. The lowest BCUT2D eigenvalue weighted by Gasteiger charge is -2.28. The van der Waals surface area contributed by atoms with Crippen LogP contribution < -0.4 is 0 Å². The van der Waals surface area contributed by atoms with Crippen LogP contribution in [0.3, 0.4) is 0 Å². The second kappa shape index (κ2) is 6.75. The summed E-state index contributed by atoms with van der Waals surface area (Å²) in [6, 6.07) is 4.96. The third-order valence-electron chi connectivity index (χ3n) is 4.79. The molecule has 0 spiro atoms. The van der Waals surface area contributed by atoms with Crippen LogP contribution in [0.1, 0.15) is 48.3 Å². The van der Waals surface area contributed by atoms with Gasteiger partial charge in [-0.25, -0.2) is 4.79 Å². The van der Waals surface area contributed by atoms with Crippen molar-refractivity contribution in [1.29, 1.82) is 0 Å². The van der Waals surface area contributed by atoms with Crippen molar-refractivity contribution >= 4 is 23.4 Å². The number of carboxylic acids is 1. The van der Waals surface area contributed by atoms with E-state index in [-0.39, 0.29) is 0 Å². The zero-order valence-corrected chi connectivity index (χ0v) is 13.1. The Kier molecular flexibility index (Phi) is 4.76. The molecule has 0 radical (unpaired) electrons. The molecule has 3 rings (SSSR count). The van der Waals surface area contributed by atoms with Crippen LogP contribution in [0.15, 0.2) is 18.2 Å². The van der Waals surface area contributed by atoms with Crippen LogP contribution in [0.4, 0.5) is 0 Å². The molecule has 2 fully saturated rings. The highest BCUT2D eigenvalue weighted by Gasteiger charge is 2.33. The fourth-order valence-corrected chi connectivity index (χ4v) is 4.79. The molecule has 2 aliphatic rings. The first-order valence-electron chi connectivity index (χ1n) is 7.96. The zero-order valence-electron chi connectivity index (χ0n) is 12.3. The summed E-state index contributed by atoms with van der Waals surface area (Å²) in [5.74, 6) is 0.0321. The summed E-state index contributed by atoms with van der Waals surface area (Å²) in [5, 5.41) is 8.68. The third kappa shape index (κ3) is 3.74. The van der Waals surface area contributed by atoms with Crippen molar-refractivity contribution < 1.29 is 9.90 Å². The van der Waals surface area contributed by atoms with Gasteiger partial charge in [0.25, 0.3) is 0 Å². The zero-order chi connectivity index (χ0) is 14.7. The minimum absolute atomic E-state index is 0.785. The third-order valence-corrected chi connectivity index (χ3v) is 5.82. The molecule has 1 saturated heterocycles. The van der Waals surface area contributed by atoms with Crippen LogP contribution >= 0.6 is 11.3 Å². The first kappa shape index (κ1) is 14.8. The molecular formula is C17H23NO2S. The van der Waals surface area contributed by atoms with E-state index in [1.54, 1.807) is 17.4 Å². The molecule has 1 aliphatic heterocycles. The molecule has 2 heterocycles. The van der Waals surface area contributed by atoms with Crippen LogP contribution in [0.2, 0.25) is 0 Å². The van der Waals surface area contributed by atoms with Crippen LogP contribution in [0, 0.1) is 5.92 Å². The molecule has 1 aromatic heterocycles. The number of carboxylic acid groups (broad SMARTS) is 1. The Balaban J connectivity index is 1.61. The highest BCUT2D eigenvalue weighted by atomic mass is 32.1. The van der Waals surface area contributed by atoms with Gasteiger partial charge in [0.15, 0.2) is 0 Å². The first-order chi connectivity index (χ1) is 10.2. The lowest BCUT2D eigenvalue weighted by atomic mass is 9.96. The van der Waals surface area contributed by atoms with E-state index < -0.39 is 5.97 Å². The monoisotopic (exact) mass is 305 g/mol. The van der Waals surface area contributed by atoms with Gasteiger partial charge in [-0.05, 0) is 56.4 Å². The Labute approximate surface area is 130 Å². The minimum atomic E-state index is -0.884. The first-order valence-corrected chi connectivity index (χ1v) is 8.78. The summed E-state index contributed by atoms with van der Waals surface area (Å²) < 4.78 is 0. The summed E-state index contributed by atoms with van der Waals surface area (Å²) in [6.07, 6.45) is 11.3. The van der Waals surface area contributed by atoms with Crippen molar-refractivity contribution in [2.45, 2.75) is 51.1 Å². The maximum absolute atomic E-state index is 10.6. The van der Waals surface area contributed by atoms with Gasteiger partial charge in [0.05, 0.1) is 0 Å². The van der Waals surface area contributed by atoms with Gasteiger partial charge in [-0.15, -0.1) is 11.3 Å². The Morgan fingerprint density at radius 3 is 2.86 bits per heavy atom. The minimum Gasteiger partial charge on any atom is -0.478 e. The van der Waals surface area contributed by atoms with Crippen molar-refractivity contribution in [3.8, 4) is 0 Å². The van der Waals surface area contributed by atoms with Gasteiger partial charge in [0.2, 0.25) is 0 Å². The fourth-order valence-electron chi connectivity index (χ4n) is 3.85. The summed E-state index contributed by atoms with van der Waals surface area (Å²) in [6.45, 7) is 2.26. The van der Waals surface area contributed by atoms with Gasteiger partial charge in [0, 0.05) is 28.4 Å². The van der Waals surface area contributed by atoms with Gasteiger partial charge in [0.1, 0.15) is 0 Å².